The first-order chi connectivity index (χ1) is 8.34. The fraction of sp³-hybridized carbons (Fsp3) is 0.600. The van der Waals surface area contributed by atoms with Gasteiger partial charge in [0.15, 0.2) is 0 Å². The SMILES string of the molecule is N[C@H](Cc1ccccc1)CN1CCCCCC1. The maximum absolute atomic E-state index is 6.25. The van der Waals surface area contributed by atoms with Crippen LogP contribution in [0.5, 0.6) is 0 Å². The van der Waals surface area contributed by atoms with Gasteiger partial charge in [0.2, 0.25) is 0 Å². The van der Waals surface area contributed by atoms with Gasteiger partial charge in [0.1, 0.15) is 0 Å². The van der Waals surface area contributed by atoms with Crippen molar-refractivity contribution >= 4 is 0 Å². The monoisotopic (exact) mass is 232 g/mol. The third-order valence-electron chi connectivity index (χ3n) is 3.53. The van der Waals surface area contributed by atoms with E-state index >= 15 is 0 Å². The molecule has 0 spiro atoms. The summed E-state index contributed by atoms with van der Waals surface area (Å²) in [6, 6.07) is 10.9. The lowest BCUT2D eigenvalue weighted by Crippen LogP contribution is -2.39. The molecule has 1 atom stereocenters. The maximum atomic E-state index is 6.25. The summed E-state index contributed by atoms with van der Waals surface area (Å²) in [7, 11) is 0. The third kappa shape index (κ3) is 4.49. The summed E-state index contributed by atoms with van der Waals surface area (Å²) in [5.74, 6) is 0. The van der Waals surface area contributed by atoms with Crippen LogP contribution < -0.4 is 5.73 Å². The Morgan fingerprint density at radius 3 is 2.29 bits per heavy atom. The molecule has 0 aromatic heterocycles. The van der Waals surface area contributed by atoms with Gasteiger partial charge in [0.05, 0.1) is 0 Å². The molecule has 1 saturated heterocycles. The second-order valence-corrected chi connectivity index (χ2v) is 5.16. The highest BCUT2D eigenvalue weighted by atomic mass is 15.1. The lowest BCUT2D eigenvalue weighted by molar-refractivity contribution is 0.266. The van der Waals surface area contributed by atoms with E-state index in [4.69, 9.17) is 5.73 Å². The topological polar surface area (TPSA) is 29.3 Å². The Morgan fingerprint density at radius 1 is 1.00 bits per heavy atom. The Hall–Kier alpha value is -0.860. The summed E-state index contributed by atoms with van der Waals surface area (Å²) in [5, 5.41) is 0. The second-order valence-electron chi connectivity index (χ2n) is 5.16. The highest BCUT2D eigenvalue weighted by molar-refractivity contribution is 5.15. The summed E-state index contributed by atoms with van der Waals surface area (Å²) in [6.07, 6.45) is 6.47. The van der Waals surface area contributed by atoms with Crippen LogP contribution >= 0.6 is 0 Å². The van der Waals surface area contributed by atoms with Crippen LogP contribution in [0.25, 0.3) is 0 Å². The fourth-order valence-electron chi connectivity index (χ4n) is 2.63. The van der Waals surface area contributed by atoms with Crippen LogP contribution in [0.15, 0.2) is 30.3 Å². The number of nitrogens with two attached hydrogens (primary N) is 1. The molecule has 2 nitrogen and oxygen atoms in total. The summed E-state index contributed by atoms with van der Waals surface area (Å²) < 4.78 is 0. The molecule has 0 radical (unpaired) electrons. The van der Waals surface area contributed by atoms with Crippen LogP contribution in [0.2, 0.25) is 0 Å². The van der Waals surface area contributed by atoms with Gasteiger partial charge in [-0.05, 0) is 37.9 Å². The van der Waals surface area contributed by atoms with E-state index in [1.165, 1.54) is 44.3 Å². The Kier molecular flexibility index (Phi) is 5.02. The predicted molar refractivity (Wildman–Crippen MR) is 73.0 cm³/mol. The van der Waals surface area contributed by atoms with Crippen LogP contribution in [-0.2, 0) is 6.42 Å². The van der Waals surface area contributed by atoms with E-state index in [0.29, 0.717) is 0 Å². The second kappa shape index (κ2) is 6.77. The molecule has 17 heavy (non-hydrogen) atoms. The quantitative estimate of drug-likeness (QED) is 0.864. The molecule has 1 aromatic carbocycles. The summed E-state index contributed by atoms with van der Waals surface area (Å²) >= 11 is 0. The van der Waals surface area contributed by atoms with E-state index in [1.807, 2.05) is 0 Å². The average Bonchev–Trinajstić information content (AvgIpc) is 2.59. The minimum atomic E-state index is 0.274. The zero-order valence-corrected chi connectivity index (χ0v) is 10.6. The maximum Gasteiger partial charge on any atom is 0.0208 e. The molecule has 2 rings (SSSR count). The third-order valence-corrected chi connectivity index (χ3v) is 3.53. The number of benzene rings is 1. The van der Waals surface area contributed by atoms with Gasteiger partial charge in [0.25, 0.3) is 0 Å². The van der Waals surface area contributed by atoms with Gasteiger partial charge in [-0.3, -0.25) is 0 Å². The van der Waals surface area contributed by atoms with Crippen LogP contribution in [0.3, 0.4) is 0 Å². The Labute approximate surface area is 105 Å². The summed E-state index contributed by atoms with van der Waals surface area (Å²) in [4.78, 5) is 2.54. The van der Waals surface area contributed by atoms with Crippen molar-refractivity contribution in [2.24, 2.45) is 5.73 Å². The van der Waals surface area contributed by atoms with E-state index in [-0.39, 0.29) is 6.04 Å². The zero-order valence-electron chi connectivity index (χ0n) is 10.6. The van der Waals surface area contributed by atoms with Crippen LogP contribution in [0.4, 0.5) is 0 Å². The molecule has 1 aliphatic rings. The van der Waals surface area contributed by atoms with E-state index < -0.39 is 0 Å². The van der Waals surface area contributed by atoms with Gasteiger partial charge < -0.3 is 10.6 Å². The summed E-state index contributed by atoms with van der Waals surface area (Å²) in [6.45, 7) is 3.53. The Bertz CT molecular complexity index is 302. The molecule has 1 aromatic rings. The van der Waals surface area contributed by atoms with Crippen molar-refractivity contribution in [3.8, 4) is 0 Å². The van der Waals surface area contributed by atoms with Crippen molar-refractivity contribution in [1.29, 1.82) is 0 Å². The molecular formula is C15H24N2. The molecule has 0 bridgehead atoms. The van der Waals surface area contributed by atoms with E-state index in [9.17, 15) is 0 Å². The molecule has 94 valence electrons. The normalized spacial score (nSPS) is 19.8. The highest BCUT2D eigenvalue weighted by Crippen LogP contribution is 2.10. The number of rotatable bonds is 4. The van der Waals surface area contributed by atoms with E-state index in [0.717, 1.165) is 13.0 Å². The van der Waals surface area contributed by atoms with Crippen LogP contribution in [0.1, 0.15) is 31.2 Å². The Morgan fingerprint density at radius 2 is 1.65 bits per heavy atom. The van der Waals surface area contributed by atoms with Gasteiger partial charge in [-0.2, -0.15) is 0 Å². The molecular weight excluding hydrogens is 208 g/mol. The van der Waals surface area contributed by atoms with Gasteiger partial charge in [-0.25, -0.2) is 0 Å². The van der Waals surface area contributed by atoms with Gasteiger partial charge in [-0.15, -0.1) is 0 Å². The van der Waals surface area contributed by atoms with Gasteiger partial charge in [0, 0.05) is 12.6 Å². The van der Waals surface area contributed by atoms with Crippen molar-refractivity contribution in [2.45, 2.75) is 38.1 Å². The standard InChI is InChI=1S/C15H24N2/c16-15(12-14-8-4-3-5-9-14)13-17-10-6-1-2-7-11-17/h3-5,8-9,15H,1-2,6-7,10-13,16H2/t15-/m1/s1. The van der Waals surface area contributed by atoms with Gasteiger partial charge in [-0.1, -0.05) is 43.2 Å². The van der Waals surface area contributed by atoms with E-state index in [1.54, 1.807) is 0 Å². The van der Waals surface area contributed by atoms with Crippen molar-refractivity contribution in [1.82, 2.24) is 4.90 Å². The molecule has 0 saturated carbocycles. The molecule has 1 fully saturated rings. The lowest BCUT2D eigenvalue weighted by atomic mass is 10.1. The molecule has 2 N–H and O–H groups in total. The van der Waals surface area contributed by atoms with Crippen LogP contribution in [0, 0.1) is 0 Å². The molecule has 0 unspecified atom stereocenters. The summed E-state index contributed by atoms with van der Waals surface area (Å²) in [5.41, 5.74) is 7.60. The Balaban J connectivity index is 1.78. The first-order valence-corrected chi connectivity index (χ1v) is 6.86. The molecule has 0 aliphatic carbocycles. The number of hydrogen-bond donors (Lipinski definition) is 1. The van der Waals surface area contributed by atoms with Crippen LogP contribution in [-0.4, -0.2) is 30.6 Å². The smallest absolute Gasteiger partial charge is 0.0208 e. The van der Waals surface area contributed by atoms with Gasteiger partial charge >= 0.3 is 0 Å². The van der Waals surface area contributed by atoms with Crippen molar-refractivity contribution in [3.63, 3.8) is 0 Å². The number of likely N-dealkylation sites (tertiary alicyclic amines) is 1. The fourth-order valence-corrected chi connectivity index (χ4v) is 2.63. The highest BCUT2D eigenvalue weighted by Gasteiger charge is 2.12. The largest absolute Gasteiger partial charge is 0.326 e. The van der Waals surface area contributed by atoms with E-state index in [2.05, 4.69) is 35.2 Å². The van der Waals surface area contributed by atoms with Crippen molar-refractivity contribution < 1.29 is 0 Å². The first kappa shape index (κ1) is 12.6. The molecule has 0 amide bonds. The predicted octanol–water partition coefficient (Wildman–Crippen LogP) is 2.43. The minimum absolute atomic E-state index is 0.274. The molecule has 2 heteroatoms. The molecule has 1 aliphatic heterocycles. The average molecular weight is 232 g/mol. The van der Waals surface area contributed by atoms with Crippen molar-refractivity contribution in [2.75, 3.05) is 19.6 Å². The number of hydrogen-bond acceptors (Lipinski definition) is 2. The number of nitrogens with zero attached hydrogens (tertiary/aromatic N) is 1. The van der Waals surface area contributed by atoms with Crippen molar-refractivity contribution in [3.05, 3.63) is 35.9 Å². The minimum Gasteiger partial charge on any atom is -0.326 e. The first-order valence-electron chi connectivity index (χ1n) is 6.86. The lowest BCUT2D eigenvalue weighted by Gasteiger charge is -2.23. The molecule has 1 heterocycles. The zero-order chi connectivity index (χ0) is 11.9.